The molecular formula is C6H11ClN4O. The van der Waals surface area contributed by atoms with Crippen LogP contribution in [0.3, 0.4) is 0 Å². The molecule has 1 aliphatic carbocycles. The normalized spacial score (nSPS) is 15.8. The molecule has 0 aromatic carbocycles. The lowest BCUT2D eigenvalue weighted by molar-refractivity contribution is 0.661. The predicted molar refractivity (Wildman–Crippen MR) is 46.3 cm³/mol. The van der Waals surface area contributed by atoms with Crippen molar-refractivity contribution in [2.75, 3.05) is 0 Å². The summed E-state index contributed by atoms with van der Waals surface area (Å²) < 4.78 is 1.65. The lowest BCUT2D eigenvalue weighted by atomic mass is 10.5. The van der Waals surface area contributed by atoms with Gasteiger partial charge < -0.3 is 5.73 Å². The first-order valence-corrected chi connectivity index (χ1v) is 3.69. The maximum absolute atomic E-state index is 11.1. The summed E-state index contributed by atoms with van der Waals surface area (Å²) in [6.07, 6.45) is 2.15. The summed E-state index contributed by atoms with van der Waals surface area (Å²) in [5.41, 5.74) is 5.26. The standard InChI is InChI=1S/C6H10N4O.ClH/c7-3-5-8-9-6(11)10(5)4-1-2-4;/h4H,1-3,7H2,(H,9,11);1H. The predicted octanol–water partition coefficient (Wildman–Crippen LogP) is -0.213. The number of nitrogens with zero attached hydrogens (tertiary/aromatic N) is 2. The number of aromatic nitrogens is 3. The Kier molecular flexibility index (Phi) is 2.54. The summed E-state index contributed by atoms with van der Waals surface area (Å²) in [5.74, 6) is 0.664. The third-order valence-corrected chi connectivity index (χ3v) is 1.87. The average molecular weight is 191 g/mol. The van der Waals surface area contributed by atoms with Gasteiger partial charge in [-0.15, -0.1) is 12.4 Å². The maximum atomic E-state index is 11.1. The zero-order chi connectivity index (χ0) is 7.84. The van der Waals surface area contributed by atoms with E-state index < -0.39 is 0 Å². The van der Waals surface area contributed by atoms with E-state index in [-0.39, 0.29) is 18.1 Å². The minimum atomic E-state index is -0.132. The molecule has 2 rings (SSSR count). The first kappa shape index (κ1) is 9.28. The van der Waals surface area contributed by atoms with Crippen LogP contribution in [-0.4, -0.2) is 14.8 Å². The van der Waals surface area contributed by atoms with Gasteiger partial charge in [-0.2, -0.15) is 5.10 Å². The third-order valence-electron chi connectivity index (χ3n) is 1.87. The van der Waals surface area contributed by atoms with Crippen molar-refractivity contribution in [3.63, 3.8) is 0 Å². The van der Waals surface area contributed by atoms with E-state index in [1.54, 1.807) is 4.57 Å². The highest BCUT2D eigenvalue weighted by Gasteiger charge is 2.27. The molecule has 1 heterocycles. The van der Waals surface area contributed by atoms with Crippen molar-refractivity contribution in [3.05, 3.63) is 16.3 Å². The van der Waals surface area contributed by atoms with Crippen molar-refractivity contribution in [3.8, 4) is 0 Å². The fourth-order valence-electron chi connectivity index (χ4n) is 1.19. The van der Waals surface area contributed by atoms with Crippen LogP contribution in [0.1, 0.15) is 24.7 Å². The molecule has 0 unspecified atom stereocenters. The van der Waals surface area contributed by atoms with Gasteiger partial charge >= 0.3 is 5.69 Å². The van der Waals surface area contributed by atoms with Crippen molar-refractivity contribution in [2.45, 2.75) is 25.4 Å². The second kappa shape index (κ2) is 3.28. The quantitative estimate of drug-likeness (QED) is 0.678. The molecule has 5 nitrogen and oxygen atoms in total. The van der Waals surface area contributed by atoms with Gasteiger partial charge in [-0.3, -0.25) is 4.57 Å². The van der Waals surface area contributed by atoms with Gasteiger partial charge in [-0.05, 0) is 12.8 Å². The summed E-state index contributed by atoms with van der Waals surface area (Å²) in [4.78, 5) is 11.1. The molecule has 0 amide bonds. The van der Waals surface area contributed by atoms with Crippen molar-refractivity contribution in [1.82, 2.24) is 14.8 Å². The number of rotatable bonds is 2. The lowest BCUT2D eigenvalue weighted by Gasteiger charge is -1.98. The van der Waals surface area contributed by atoms with Gasteiger partial charge in [0.1, 0.15) is 5.82 Å². The molecule has 0 aliphatic heterocycles. The van der Waals surface area contributed by atoms with E-state index in [9.17, 15) is 4.79 Å². The summed E-state index contributed by atoms with van der Waals surface area (Å²) in [5, 5.41) is 6.18. The number of aromatic amines is 1. The van der Waals surface area contributed by atoms with Crippen molar-refractivity contribution in [1.29, 1.82) is 0 Å². The third kappa shape index (κ3) is 1.37. The molecule has 6 heteroatoms. The zero-order valence-corrected chi connectivity index (χ0v) is 7.30. The van der Waals surface area contributed by atoms with Crippen LogP contribution < -0.4 is 11.4 Å². The molecule has 1 saturated carbocycles. The van der Waals surface area contributed by atoms with Crippen molar-refractivity contribution >= 4 is 12.4 Å². The monoisotopic (exact) mass is 190 g/mol. The van der Waals surface area contributed by atoms with Gasteiger partial charge in [0.2, 0.25) is 0 Å². The van der Waals surface area contributed by atoms with Gasteiger partial charge in [0, 0.05) is 6.04 Å². The molecule has 1 fully saturated rings. The summed E-state index contributed by atoms with van der Waals surface area (Å²) in [6, 6.07) is 0.361. The number of nitrogens with two attached hydrogens (primary N) is 1. The van der Waals surface area contributed by atoms with Crippen LogP contribution in [0.5, 0.6) is 0 Å². The Bertz CT molecular complexity index is 314. The van der Waals surface area contributed by atoms with Gasteiger partial charge in [-0.1, -0.05) is 0 Å². The van der Waals surface area contributed by atoms with Gasteiger partial charge in [0.15, 0.2) is 0 Å². The van der Waals surface area contributed by atoms with E-state index in [1.807, 2.05) is 0 Å². The van der Waals surface area contributed by atoms with E-state index in [0.717, 1.165) is 12.8 Å². The highest BCUT2D eigenvalue weighted by Crippen LogP contribution is 2.33. The molecule has 1 aromatic rings. The zero-order valence-electron chi connectivity index (χ0n) is 6.49. The van der Waals surface area contributed by atoms with E-state index >= 15 is 0 Å². The fraction of sp³-hybridized carbons (Fsp3) is 0.667. The molecule has 1 aromatic heterocycles. The first-order chi connectivity index (χ1) is 5.33. The first-order valence-electron chi connectivity index (χ1n) is 3.69. The number of H-pyrrole nitrogens is 1. The lowest BCUT2D eigenvalue weighted by Crippen LogP contribution is -2.18. The summed E-state index contributed by atoms with van der Waals surface area (Å²) in [7, 11) is 0. The van der Waals surface area contributed by atoms with E-state index in [2.05, 4.69) is 10.2 Å². The Balaban J connectivity index is 0.000000720. The number of hydrogen-bond acceptors (Lipinski definition) is 3. The maximum Gasteiger partial charge on any atom is 0.343 e. The van der Waals surface area contributed by atoms with Crippen LogP contribution >= 0.6 is 12.4 Å². The molecule has 0 radical (unpaired) electrons. The van der Waals surface area contributed by atoms with Crippen LogP contribution in [-0.2, 0) is 6.54 Å². The topological polar surface area (TPSA) is 76.7 Å². The van der Waals surface area contributed by atoms with Crippen LogP contribution in [0.2, 0.25) is 0 Å². The molecule has 0 atom stereocenters. The molecule has 68 valence electrons. The van der Waals surface area contributed by atoms with Gasteiger partial charge in [-0.25, -0.2) is 9.89 Å². The van der Waals surface area contributed by atoms with E-state index in [4.69, 9.17) is 5.73 Å². The van der Waals surface area contributed by atoms with Crippen LogP contribution in [0.15, 0.2) is 4.79 Å². The smallest absolute Gasteiger partial charge is 0.324 e. The van der Waals surface area contributed by atoms with Gasteiger partial charge in [0.05, 0.1) is 6.54 Å². The molecule has 0 bridgehead atoms. The number of halogens is 1. The van der Waals surface area contributed by atoms with Crippen LogP contribution in [0.4, 0.5) is 0 Å². The SMILES string of the molecule is Cl.NCc1n[nH]c(=O)n1C1CC1. The molecule has 12 heavy (non-hydrogen) atoms. The fourth-order valence-corrected chi connectivity index (χ4v) is 1.19. The van der Waals surface area contributed by atoms with Crippen LogP contribution in [0, 0.1) is 0 Å². The van der Waals surface area contributed by atoms with Crippen molar-refractivity contribution < 1.29 is 0 Å². The Morgan fingerprint density at radius 2 is 2.33 bits per heavy atom. The second-order valence-electron chi connectivity index (χ2n) is 2.75. The Morgan fingerprint density at radius 3 is 2.83 bits per heavy atom. The minimum absolute atomic E-state index is 0. The Hall–Kier alpha value is -0.810. The molecule has 1 aliphatic rings. The van der Waals surface area contributed by atoms with Gasteiger partial charge in [0.25, 0.3) is 0 Å². The Morgan fingerprint density at radius 1 is 1.67 bits per heavy atom. The molecule has 0 saturated heterocycles. The highest BCUT2D eigenvalue weighted by atomic mass is 35.5. The molecular weight excluding hydrogens is 180 g/mol. The minimum Gasteiger partial charge on any atom is -0.324 e. The number of nitrogens with one attached hydrogen (secondary N) is 1. The number of hydrogen-bond donors (Lipinski definition) is 2. The average Bonchev–Trinajstić information content (AvgIpc) is 2.76. The van der Waals surface area contributed by atoms with E-state index in [1.165, 1.54) is 0 Å². The Labute approximate surface area is 75.4 Å². The summed E-state index contributed by atoms with van der Waals surface area (Å²) in [6.45, 7) is 0.329. The molecule has 3 N–H and O–H groups in total. The largest absolute Gasteiger partial charge is 0.343 e. The van der Waals surface area contributed by atoms with E-state index in [0.29, 0.717) is 18.4 Å². The molecule has 0 spiro atoms. The summed E-state index contributed by atoms with van der Waals surface area (Å²) >= 11 is 0. The van der Waals surface area contributed by atoms with Crippen LogP contribution in [0.25, 0.3) is 0 Å². The van der Waals surface area contributed by atoms with Crippen molar-refractivity contribution in [2.24, 2.45) is 5.73 Å². The highest BCUT2D eigenvalue weighted by molar-refractivity contribution is 5.85. The second-order valence-corrected chi connectivity index (χ2v) is 2.75.